The Balaban J connectivity index is 1.24. The number of nitrogens with zero attached hydrogens (tertiary/aromatic N) is 4. The zero-order chi connectivity index (χ0) is 23.8. The number of hydrogen-bond acceptors (Lipinski definition) is 7. The predicted molar refractivity (Wildman–Crippen MR) is 136 cm³/mol. The van der Waals surface area contributed by atoms with Crippen LogP contribution >= 0.6 is 0 Å². The van der Waals surface area contributed by atoms with E-state index in [-0.39, 0.29) is 11.9 Å². The van der Waals surface area contributed by atoms with Crippen LogP contribution in [0.1, 0.15) is 75.2 Å². The quantitative estimate of drug-likeness (QED) is 0.445. The first-order valence-electron chi connectivity index (χ1n) is 13.0. The number of imidazole rings is 1. The van der Waals surface area contributed by atoms with E-state index in [0.717, 1.165) is 55.0 Å². The van der Waals surface area contributed by atoms with Gasteiger partial charge in [0.25, 0.3) is 0 Å². The van der Waals surface area contributed by atoms with Gasteiger partial charge in [-0.3, -0.25) is 15.2 Å². The molecular weight excluding hydrogens is 440 g/mol. The molecule has 1 aliphatic carbocycles. The number of anilines is 2. The van der Waals surface area contributed by atoms with Crippen molar-refractivity contribution < 1.29 is 4.79 Å². The Morgan fingerprint density at radius 1 is 1.17 bits per heavy atom. The van der Waals surface area contributed by atoms with Gasteiger partial charge in [-0.05, 0) is 68.1 Å². The Labute approximate surface area is 205 Å². The first-order valence-corrected chi connectivity index (χ1v) is 13.0. The van der Waals surface area contributed by atoms with Crippen molar-refractivity contribution in [2.24, 2.45) is 5.92 Å². The lowest BCUT2D eigenvalue weighted by molar-refractivity contribution is -0.115. The van der Waals surface area contributed by atoms with Gasteiger partial charge in [0.2, 0.25) is 5.91 Å². The summed E-state index contributed by atoms with van der Waals surface area (Å²) in [7, 11) is 0. The number of H-pyrrole nitrogens is 1. The van der Waals surface area contributed by atoms with Crippen molar-refractivity contribution in [1.29, 1.82) is 0 Å². The molecule has 3 aromatic rings. The van der Waals surface area contributed by atoms with Gasteiger partial charge in [-0.25, -0.2) is 15.4 Å². The first kappa shape index (κ1) is 22.4. The second kappa shape index (κ2) is 9.54. The number of hydrogen-bond donors (Lipinski definition) is 4. The predicted octanol–water partition coefficient (Wildman–Crippen LogP) is 3.79. The lowest BCUT2D eigenvalue weighted by atomic mass is 9.73. The summed E-state index contributed by atoms with van der Waals surface area (Å²) in [5, 5.41) is 2.95. The number of hydrazine groups is 1. The van der Waals surface area contributed by atoms with Crippen LogP contribution in [0.25, 0.3) is 11.2 Å². The Morgan fingerprint density at radius 2 is 2.06 bits per heavy atom. The normalized spacial score (nSPS) is 26.6. The minimum Gasteiger partial charge on any atom is -0.370 e. The zero-order valence-electron chi connectivity index (χ0n) is 20.3. The molecule has 3 aromatic heterocycles. The third-order valence-corrected chi connectivity index (χ3v) is 7.97. The molecule has 4 atom stereocenters. The van der Waals surface area contributed by atoms with Gasteiger partial charge >= 0.3 is 0 Å². The van der Waals surface area contributed by atoms with Crippen LogP contribution in [0.15, 0.2) is 30.7 Å². The van der Waals surface area contributed by atoms with Crippen LogP contribution in [0.5, 0.6) is 0 Å². The Morgan fingerprint density at radius 3 is 2.91 bits per heavy atom. The molecule has 4 unspecified atom stereocenters. The molecule has 3 aliphatic rings. The fraction of sp³-hybridized carbons (Fsp3) is 0.538. The van der Waals surface area contributed by atoms with Gasteiger partial charge in [0.05, 0.1) is 23.6 Å². The number of aromatic amines is 1. The molecule has 2 saturated heterocycles. The molecule has 0 spiro atoms. The molecule has 0 bridgehead atoms. The largest absolute Gasteiger partial charge is 0.370 e. The molecule has 3 fully saturated rings. The summed E-state index contributed by atoms with van der Waals surface area (Å²) in [6, 6.07) is 4.72. The minimum absolute atomic E-state index is 0.0133. The number of fused-ring (bicyclic) bond motifs is 2. The SMILES string of the molecule is CCC(=O)Nc1cncc(C2CCC3NNC(c4nc5nccc(N6CCCCC6)c5[nH]4)C3C2)c1. The highest BCUT2D eigenvalue weighted by molar-refractivity contribution is 5.90. The van der Waals surface area contributed by atoms with E-state index in [2.05, 4.69) is 48.2 Å². The van der Waals surface area contributed by atoms with Gasteiger partial charge < -0.3 is 15.2 Å². The van der Waals surface area contributed by atoms with Gasteiger partial charge in [0, 0.05) is 37.9 Å². The lowest BCUT2D eigenvalue weighted by Gasteiger charge is -2.33. The van der Waals surface area contributed by atoms with Crippen LogP contribution in [0, 0.1) is 5.92 Å². The molecule has 35 heavy (non-hydrogen) atoms. The Kier molecular flexibility index (Phi) is 6.12. The number of rotatable bonds is 5. The molecule has 9 heteroatoms. The van der Waals surface area contributed by atoms with Crippen LogP contribution < -0.4 is 21.1 Å². The second-order valence-corrected chi connectivity index (χ2v) is 10.2. The number of piperidine rings is 1. The van der Waals surface area contributed by atoms with Crippen molar-refractivity contribution in [2.45, 2.75) is 69.9 Å². The van der Waals surface area contributed by atoms with E-state index in [1.165, 1.54) is 30.5 Å². The average molecular weight is 475 g/mol. The number of nitrogens with one attached hydrogen (secondary N) is 4. The summed E-state index contributed by atoms with van der Waals surface area (Å²) in [5.74, 6) is 1.78. The Hall–Kier alpha value is -3.04. The van der Waals surface area contributed by atoms with E-state index in [1.54, 1.807) is 6.20 Å². The second-order valence-electron chi connectivity index (χ2n) is 10.2. The standard InChI is InChI=1S/C26H34N8O/c1-2-22(35)29-18-12-17(14-27-15-18)16-6-7-20-19(13-16)23(33-32-20)26-30-24-21(8-9-28-25(24)31-26)34-10-4-3-5-11-34/h8-9,12,14-16,19-20,23,32-33H,2-7,10-11,13H2,1H3,(H,29,35)(H,28,30,31). The van der Waals surface area contributed by atoms with E-state index in [9.17, 15) is 4.79 Å². The monoisotopic (exact) mass is 474 g/mol. The van der Waals surface area contributed by atoms with Crippen LogP contribution in [0.3, 0.4) is 0 Å². The molecule has 4 N–H and O–H groups in total. The summed E-state index contributed by atoms with van der Waals surface area (Å²) < 4.78 is 0. The molecule has 0 radical (unpaired) electrons. The topological polar surface area (TPSA) is 111 Å². The fourth-order valence-corrected chi connectivity index (χ4v) is 6.09. The summed E-state index contributed by atoms with van der Waals surface area (Å²) in [5.41, 5.74) is 12.1. The average Bonchev–Trinajstić information content (AvgIpc) is 3.53. The van der Waals surface area contributed by atoms with E-state index >= 15 is 0 Å². The van der Waals surface area contributed by atoms with Crippen LogP contribution in [-0.4, -0.2) is 45.0 Å². The van der Waals surface area contributed by atoms with E-state index in [1.807, 2.05) is 19.3 Å². The molecule has 5 heterocycles. The molecule has 0 aromatic carbocycles. The first-order chi connectivity index (χ1) is 17.2. The maximum Gasteiger partial charge on any atom is 0.224 e. The van der Waals surface area contributed by atoms with Crippen LogP contribution in [-0.2, 0) is 4.79 Å². The third kappa shape index (κ3) is 4.38. The number of pyridine rings is 2. The van der Waals surface area contributed by atoms with Crippen molar-refractivity contribution in [3.63, 3.8) is 0 Å². The fourth-order valence-electron chi connectivity index (χ4n) is 6.09. The molecule has 6 rings (SSSR count). The summed E-state index contributed by atoms with van der Waals surface area (Å²) in [6.45, 7) is 4.04. The van der Waals surface area contributed by atoms with Crippen LogP contribution in [0.4, 0.5) is 11.4 Å². The van der Waals surface area contributed by atoms with Crippen LogP contribution in [0.2, 0.25) is 0 Å². The smallest absolute Gasteiger partial charge is 0.224 e. The number of carbonyl (C=O) groups excluding carboxylic acids is 1. The van der Waals surface area contributed by atoms with E-state index in [4.69, 9.17) is 4.98 Å². The van der Waals surface area contributed by atoms with Gasteiger partial charge in [-0.2, -0.15) is 0 Å². The number of carbonyl (C=O) groups is 1. The molecule has 9 nitrogen and oxygen atoms in total. The molecule has 1 saturated carbocycles. The summed E-state index contributed by atoms with van der Waals surface area (Å²) >= 11 is 0. The summed E-state index contributed by atoms with van der Waals surface area (Å²) in [6.07, 6.45) is 13.0. The van der Waals surface area contributed by atoms with Gasteiger partial charge in [-0.1, -0.05) is 6.92 Å². The summed E-state index contributed by atoms with van der Waals surface area (Å²) in [4.78, 5) is 31.9. The van der Waals surface area contributed by atoms with Gasteiger partial charge in [0.1, 0.15) is 11.3 Å². The lowest BCUT2D eigenvalue weighted by Crippen LogP contribution is -2.34. The minimum atomic E-state index is 0.0133. The van der Waals surface area contributed by atoms with Gasteiger partial charge in [0.15, 0.2) is 5.65 Å². The molecular formula is C26H34N8O. The highest BCUT2D eigenvalue weighted by Crippen LogP contribution is 2.44. The van der Waals surface area contributed by atoms with Crippen molar-refractivity contribution in [3.05, 3.63) is 42.1 Å². The Bertz CT molecular complexity index is 1200. The zero-order valence-corrected chi connectivity index (χ0v) is 20.3. The maximum absolute atomic E-state index is 11.8. The number of amides is 1. The number of aromatic nitrogens is 4. The van der Waals surface area contributed by atoms with Gasteiger partial charge in [-0.15, -0.1) is 0 Å². The van der Waals surface area contributed by atoms with E-state index in [0.29, 0.717) is 24.3 Å². The molecule has 2 aliphatic heterocycles. The molecule has 1 amide bonds. The maximum atomic E-state index is 11.8. The van der Waals surface area contributed by atoms with Crippen molar-refractivity contribution in [1.82, 2.24) is 30.8 Å². The van der Waals surface area contributed by atoms with Crippen molar-refractivity contribution >= 4 is 28.4 Å². The molecule has 184 valence electrons. The van der Waals surface area contributed by atoms with E-state index < -0.39 is 0 Å². The highest BCUT2D eigenvalue weighted by atomic mass is 16.1. The van der Waals surface area contributed by atoms with Crippen molar-refractivity contribution in [3.8, 4) is 0 Å². The third-order valence-electron chi connectivity index (χ3n) is 7.97. The highest BCUT2D eigenvalue weighted by Gasteiger charge is 2.42. The van der Waals surface area contributed by atoms with Crippen molar-refractivity contribution in [2.75, 3.05) is 23.3 Å².